The normalized spacial score (nSPS) is 14.8. The van der Waals surface area contributed by atoms with Crippen molar-refractivity contribution in [3.05, 3.63) is 59.9 Å². The van der Waals surface area contributed by atoms with Crippen molar-refractivity contribution >= 4 is 46.7 Å². The van der Waals surface area contributed by atoms with E-state index in [2.05, 4.69) is 67.5 Å². The van der Waals surface area contributed by atoms with Crippen molar-refractivity contribution in [2.24, 2.45) is 4.99 Å². The van der Waals surface area contributed by atoms with E-state index in [0.717, 1.165) is 50.9 Å². The van der Waals surface area contributed by atoms with Crippen LogP contribution < -0.4 is 10.2 Å². The highest BCUT2D eigenvalue weighted by atomic mass is 127. The Balaban J connectivity index is 0.00000240. The molecule has 0 amide bonds. The number of nitrogens with zero attached hydrogens (tertiary/aromatic N) is 4. The van der Waals surface area contributed by atoms with E-state index in [1.807, 2.05) is 25.4 Å². The molecule has 1 fully saturated rings. The van der Waals surface area contributed by atoms with E-state index in [4.69, 9.17) is 0 Å². The molecule has 29 heavy (non-hydrogen) atoms. The Kier molecular flexibility index (Phi) is 7.35. The molecule has 154 valence electrons. The molecule has 7 heteroatoms. The molecule has 6 nitrogen and oxygen atoms in total. The number of benzene rings is 1. The van der Waals surface area contributed by atoms with E-state index in [1.54, 1.807) is 0 Å². The summed E-state index contributed by atoms with van der Waals surface area (Å²) in [6, 6.07) is 12.7. The van der Waals surface area contributed by atoms with Crippen LogP contribution in [0.2, 0.25) is 0 Å². The van der Waals surface area contributed by atoms with Crippen LogP contribution in [0.25, 0.3) is 10.9 Å². The Morgan fingerprint density at radius 1 is 1.17 bits per heavy atom. The van der Waals surface area contributed by atoms with E-state index >= 15 is 0 Å². The smallest absolute Gasteiger partial charge is 0.193 e. The summed E-state index contributed by atoms with van der Waals surface area (Å²) in [5.41, 5.74) is 3.84. The molecule has 3 heterocycles. The van der Waals surface area contributed by atoms with Gasteiger partial charge in [-0.25, -0.2) is 4.98 Å². The summed E-state index contributed by atoms with van der Waals surface area (Å²) in [7, 11) is 1.86. The van der Waals surface area contributed by atoms with Crippen molar-refractivity contribution in [2.45, 2.75) is 13.3 Å². The second-order valence-corrected chi connectivity index (χ2v) is 7.25. The number of aryl methyl sites for hydroxylation is 1. The Morgan fingerprint density at radius 3 is 2.72 bits per heavy atom. The third kappa shape index (κ3) is 5.01. The van der Waals surface area contributed by atoms with Gasteiger partial charge in [0, 0.05) is 63.1 Å². The van der Waals surface area contributed by atoms with Gasteiger partial charge in [-0.1, -0.05) is 18.2 Å². The number of rotatable bonds is 4. The van der Waals surface area contributed by atoms with Gasteiger partial charge in [-0.15, -0.1) is 24.0 Å². The van der Waals surface area contributed by atoms with Gasteiger partial charge in [-0.2, -0.15) is 0 Å². The summed E-state index contributed by atoms with van der Waals surface area (Å²) in [6.07, 6.45) is 4.95. The fourth-order valence-corrected chi connectivity index (χ4v) is 3.84. The monoisotopic (exact) mass is 504 g/mol. The molecule has 4 rings (SSSR count). The highest BCUT2D eigenvalue weighted by Crippen LogP contribution is 2.19. The van der Waals surface area contributed by atoms with E-state index in [-0.39, 0.29) is 24.0 Å². The zero-order valence-electron chi connectivity index (χ0n) is 17.1. The summed E-state index contributed by atoms with van der Waals surface area (Å²) in [4.78, 5) is 17.0. The predicted octanol–water partition coefficient (Wildman–Crippen LogP) is 3.43. The van der Waals surface area contributed by atoms with Gasteiger partial charge in [0.25, 0.3) is 0 Å². The minimum absolute atomic E-state index is 0. The lowest BCUT2D eigenvalue weighted by Gasteiger charge is -2.37. The van der Waals surface area contributed by atoms with Crippen LogP contribution in [0.3, 0.4) is 0 Å². The molecule has 1 aliphatic heterocycles. The van der Waals surface area contributed by atoms with Gasteiger partial charge < -0.3 is 20.1 Å². The van der Waals surface area contributed by atoms with Crippen molar-refractivity contribution < 1.29 is 0 Å². The number of pyridine rings is 1. The fourth-order valence-electron chi connectivity index (χ4n) is 3.84. The van der Waals surface area contributed by atoms with Crippen LogP contribution in [0.15, 0.2) is 53.8 Å². The van der Waals surface area contributed by atoms with Gasteiger partial charge >= 0.3 is 0 Å². The average Bonchev–Trinajstić information content (AvgIpc) is 3.14. The maximum Gasteiger partial charge on any atom is 0.193 e. The maximum atomic E-state index is 4.49. The topological polar surface area (TPSA) is 59.6 Å². The molecule has 0 spiro atoms. The first-order chi connectivity index (χ1) is 13.7. The lowest BCUT2D eigenvalue weighted by atomic mass is 10.1. The molecular formula is C22H29IN6. The number of hydrogen-bond acceptors (Lipinski definition) is 3. The number of H-pyrrole nitrogens is 1. The molecule has 1 saturated heterocycles. The van der Waals surface area contributed by atoms with Crippen LogP contribution in [0.5, 0.6) is 0 Å². The summed E-state index contributed by atoms with van der Waals surface area (Å²) in [5, 5.41) is 4.85. The Hall–Kier alpha value is -2.29. The van der Waals surface area contributed by atoms with E-state index < -0.39 is 0 Å². The number of hydrogen-bond donors (Lipinski definition) is 2. The molecular weight excluding hydrogens is 475 g/mol. The number of nitrogens with one attached hydrogen (secondary N) is 2. The number of aromatic amines is 1. The number of guanidine groups is 1. The molecule has 2 aromatic heterocycles. The lowest BCUT2D eigenvalue weighted by molar-refractivity contribution is 0.372. The van der Waals surface area contributed by atoms with Gasteiger partial charge in [0.2, 0.25) is 0 Å². The van der Waals surface area contributed by atoms with E-state index in [0.29, 0.717) is 0 Å². The van der Waals surface area contributed by atoms with Crippen LogP contribution in [-0.4, -0.2) is 60.6 Å². The highest BCUT2D eigenvalue weighted by molar-refractivity contribution is 14.0. The fraction of sp³-hybridized carbons (Fsp3) is 0.364. The second-order valence-electron chi connectivity index (χ2n) is 7.25. The van der Waals surface area contributed by atoms with Crippen LogP contribution in [0, 0.1) is 6.92 Å². The van der Waals surface area contributed by atoms with Crippen molar-refractivity contribution in [2.75, 3.05) is 44.7 Å². The SMILES string of the molecule is CN=C(NCCc1c[nH]c2cc(C)ccc12)N1CCN(c2ccccn2)CC1.I. The molecule has 0 unspecified atom stereocenters. The van der Waals surface area contributed by atoms with Crippen molar-refractivity contribution in [3.8, 4) is 0 Å². The molecule has 1 aromatic carbocycles. The van der Waals surface area contributed by atoms with Crippen LogP contribution >= 0.6 is 24.0 Å². The summed E-state index contributed by atoms with van der Waals surface area (Å²) in [5.74, 6) is 2.04. The van der Waals surface area contributed by atoms with Crippen LogP contribution in [-0.2, 0) is 6.42 Å². The lowest BCUT2D eigenvalue weighted by Crippen LogP contribution is -2.53. The van der Waals surface area contributed by atoms with Gasteiger partial charge in [0.1, 0.15) is 5.82 Å². The van der Waals surface area contributed by atoms with Crippen molar-refractivity contribution in [1.82, 2.24) is 20.2 Å². The summed E-state index contributed by atoms with van der Waals surface area (Å²) >= 11 is 0. The first-order valence-corrected chi connectivity index (χ1v) is 9.93. The molecule has 0 radical (unpaired) electrons. The van der Waals surface area contributed by atoms with Gasteiger partial charge in [-0.05, 0) is 42.7 Å². The largest absolute Gasteiger partial charge is 0.361 e. The summed E-state index contributed by atoms with van der Waals surface area (Å²) < 4.78 is 0. The number of aliphatic imine (C=N–C) groups is 1. The first kappa shape index (κ1) is 21.4. The zero-order chi connectivity index (χ0) is 19.3. The van der Waals surface area contributed by atoms with Gasteiger partial charge in [0.15, 0.2) is 5.96 Å². The number of piperazine rings is 1. The molecule has 0 aliphatic carbocycles. The average molecular weight is 504 g/mol. The molecule has 2 N–H and O–H groups in total. The standard InChI is InChI=1S/C22H28N6.HI/c1-17-6-7-19-18(16-26-20(19)15-17)8-10-25-22(23-2)28-13-11-27(12-14-28)21-5-3-4-9-24-21;/h3-7,9,15-16,26H,8,10-14H2,1-2H3,(H,23,25);1H. The highest BCUT2D eigenvalue weighted by Gasteiger charge is 2.20. The third-order valence-electron chi connectivity index (χ3n) is 5.36. The molecule has 0 saturated carbocycles. The predicted molar refractivity (Wildman–Crippen MR) is 132 cm³/mol. The third-order valence-corrected chi connectivity index (χ3v) is 5.36. The number of anilines is 1. The Labute approximate surface area is 189 Å². The minimum Gasteiger partial charge on any atom is -0.361 e. The quantitative estimate of drug-likeness (QED) is 0.325. The number of aromatic nitrogens is 2. The Morgan fingerprint density at radius 2 is 2.00 bits per heavy atom. The summed E-state index contributed by atoms with van der Waals surface area (Å²) in [6.45, 7) is 6.80. The zero-order valence-corrected chi connectivity index (χ0v) is 19.4. The second kappa shape index (κ2) is 9.96. The van der Waals surface area contributed by atoms with Gasteiger partial charge in [-0.3, -0.25) is 4.99 Å². The molecule has 0 bridgehead atoms. The molecule has 0 atom stereocenters. The Bertz CT molecular complexity index is 944. The number of fused-ring (bicyclic) bond motifs is 1. The van der Waals surface area contributed by atoms with Crippen molar-refractivity contribution in [1.29, 1.82) is 0 Å². The number of halogens is 1. The minimum atomic E-state index is 0. The first-order valence-electron chi connectivity index (χ1n) is 9.93. The molecule has 3 aromatic rings. The van der Waals surface area contributed by atoms with E-state index in [1.165, 1.54) is 22.0 Å². The van der Waals surface area contributed by atoms with Crippen molar-refractivity contribution in [3.63, 3.8) is 0 Å². The van der Waals surface area contributed by atoms with Crippen LogP contribution in [0.1, 0.15) is 11.1 Å². The van der Waals surface area contributed by atoms with Gasteiger partial charge in [0.05, 0.1) is 0 Å². The van der Waals surface area contributed by atoms with Crippen LogP contribution in [0.4, 0.5) is 5.82 Å². The molecule has 1 aliphatic rings. The van der Waals surface area contributed by atoms with E-state index in [9.17, 15) is 0 Å². The maximum absolute atomic E-state index is 4.49.